The molecule has 0 N–H and O–H groups in total. The van der Waals surface area contributed by atoms with Crippen LogP contribution in [-0.4, -0.2) is 75.5 Å². The Morgan fingerprint density at radius 2 is 1.54 bits per heavy atom. The summed E-state index contributed by atoms with van der Waals surface area (Å²) in [5.74, 6) is 0.669. The lowest BCUT2D eigenvalue weighted by Crippen LogP contribution is -2.56. The zero-order valence-corrected chi connectivity index (χ0v) is 19.6. The third-order valence-corrected chi connectivity index (χ3v) is 8.49. The van der Waals surface area contributed by atoms with Gasteiger partial charge >= 0.3 is 0 Å². The summed E-state index contributed by atoms with van der Waals surface area (Å²) in [6, 6.07) is 17.7. The number of rotatable bonds is 3. The Bertz CT molecular complexity index is 1440. The average molecular weight is 494 g/mol. The fourth-order valence-electron chi connectivity index (χ4n) is 4.87. The molecule has 9 nitrogen and oxygen atoms in total. The number of hydrogen-bond donors (Lipinski definition) is 0. The summed E-state index contributed by atoms with van der Waals surface area (Å²) in [7, 11) is -3.80. The topological polar surface area (TPSA) is 96.5 Å². The van der Waals surface area contributed by atoms with Gasteiger partial charge in [0.25, 0.3) is 15.9 Å². The van der Waals surface area contributed by atoms with Crippen molar-refractivity contribution in [3.63, 3.8) is 0 Å². The van der Waals surface area contributed by atoms with Crippen LogP contribution in [-0.2, 0) is 19.6 Å². The minimum absolute atomic E-state index is 0.133. The highest BCUT2D eigenvalue weighted by Gasteiger charge is 2.38. The average Bonchev–Trinajstić information content (AvgIpc) is 3.11. The maximum atomic E-state index is 13.2. The molecule has 10 heteroatoms. The van der Waals surface area contributed by atoms with Crippen LogP contribution in [0.5, 0.6) is 11.5 Å². The molecule has 0 bridgehead atoms. The van der Waals surface area contributed by atoms with Crippen molar-refractivity contribution < 1.29 is 27.5 Å². The quantitative estimate of drug-likeness (QED) is 0.553. The van der Waals surface area contributed by atoms with Crippen LogP contribution in [0.25, 0.3) is 10.8 Å². The molecule has 1 fully saturated rings. The number of piperazine rings is 1. The number of hydrogen-bond acceptors (Lipinski definition) is 6. The summed E-state index contributed by atoms with van der Waals surface area (Å²) < 4.78 is 39.0. The number of amides is 2. The number of para-hydroxylation sites is 2. The van der Waals surface area contributed by atoms with E-state index in [2.05, 4.69) is 0 Å². The SMILES string of the molecule is O=C(CN1c2cccc3cccc(c23)S1(=O)=O)N1CCN(C(=O)C2COc3ccccc3O2)CC1. The smallest absolute Gasteiger partial charge is 0.267 e. The summed E-state index contributed by atoms with van der Waals surface area (Å²) >= 11 is 0. The standard InChI is InChI=1S/C25H23N3O6S/c29-23(15-28-18-7-3-5-17-6-4-10-22(24(17)18)35(28,31)32)26-11-13-27(14-12-26)25(30)21-16-33-19-8-1-2-9-20(19)34-21/h1-10,21H,11-16H2. The highest BCUT2D eigenvalue weighted by molar-refractivity contribution is 7.93. The van der Waals surface area contributed by atoms with Gasteiger partial charge in [-0.15, -0.1) is 0 Å². The van der Waals surface area contributed by atoms with Gasteiger partial charge in [-0.3, -0.25) is 13.9 Å². The molecule has 0 spiro atoms. The molecule has 6 rings (SSSR count). The first-order valence-corrected chi connectivity index (χ1v) is 12.9. The van der Waals surface area contributed by atoms with Crippen LogP contribution in [0.4, 0.5) is 5.69 Å². The van der Waals surface area contributed by atoms with Crippen molar-refractivity contribution >= 4 is 38.3 Å². The molecule has 0 saturated carbocycles. The number of benzene rings is 3. The van der Waals surface area contributed by atoms with Gasteiger partial charge in [0.2, 0.25) is 12.0 Å². The largest absolute Gasteiger partial charge is 0.485 e. The van der Waals surface area contributed by atoms with Crippen LogP contribution in [0.3, 0.4) is 0 Å². The fraction of sp³-hybridized carbons (Fsp3) is 0.280. The van der Waals surface area contributed by atoms with E-state index in [-0.39, 0.29) is 29.9 Å². The van der Waals surface area contributed by atoms with Gasteiger partial charge in [-0.1, -0.05) is 36.4 Å². The number of sulfonamides is 1. The second-order valence-electron chi connectivity index (χ2n) is 8.71. The van der Waals surface area contributed by atoms with Crippen LogP contribution in [0.2, 0.25) is 0 Å². The van der Waals surface area contributed by atoms with Gasteiger partial charge < -0.3 is 19.3 Å². The van der Waals surface area contributed by atoms with Gasteiger partial charge in [-0.2, -0.15) is 0 Å². The van der Waals surface area contributed by atoms with Crippen LogP contribution in [0, 0.1) is 0 Å². The maximum Gasteiger partial charge on any atom is 0.267 e. The molecule has 35 heavy (non-hydrogen) atoms. The molecule has 3 aliphatic rings. The Labute approximate surface area is 202 Å². The van der Waals surface area contributed by atoms with Crippen molar-refractivity contribution in [2.75, 3.05) is 43.6 Å². The van der Waals surface area contributed by atoms with Gasteiger partial charge in [-0.25, -0.2) is 8.42 Å². The molecule has 3 aliphatic heterocycles. The van der Waals surface area contributed by atoms with E-state index in [1.165, 1.54) is 4.31 Å². The number of anilines is 1. The number of carbonyl (C=O) groups is 2. The van der Waals surface area contributed by atoms with Crippen LogP contribution in [0.1, 0.15) is 0 Å². The Morgan fingerprint density at radius 1 is 0.857 bits per heavy atom. The van der Waals surface area contributed by atoms with Gasteiger partial charge in [0, 0.05) is 31.6 Å². The summed E-state index contributed by atoms with van der Waals surface area (Å²) in [5.41, 5.74) is 0.523. The zero-order chi connectivity index (χ0) is 24.2. The van der Waals surface area contributed by atoms with Crippen LogP contribution >= 0.6 is 0 Å². The molecule has 3 heterocycles. The summed E-state index contributed by atoms with van der Waals surface area (Å²) in [6.07, 6.45) is -0.735. The third-order valence-electron chi connectivity index (χ3n) is 6.69. The second kappa shape index (κ2) is 8.16. The van der Waals surface area contributed by atoms with E-state index in [0.29, 0.717) is 48.8 Å². The molecule has 1 saturated heterocycles. The molecule has 180 valence electrons. The van der Waals surface area contributed by atoms with Gasteiger partial charge in [0.15, 0.2) is 11.5 Å². The number of nitrogens with zero attached hydrogens (tertiary/aromatic N) is 3. The molecule has 0 aromatic heterocycles. The molecule has 0 aliphatic carbocycles. The summed E-state index contributed by atoms with van der Waals surface area (Å²) in [4.78, 5) is 29.6. The predicted molar refractivity (Wildman–Crippen MR) is 128 cm³/mol. The van der Waals surface area contributed by atoms with Crippen LogP contribution in [0.15, 0.2) is 65.6 Å². The zero-order valence-electron chi connectivity index (χ0n) is 18.8. The van der Waals surface area contributed by atoms with Gasteiger partial charge in [0.05, 0.1) is 10.6 Å². The van der Waals surface area contributed by atoms with Gasteiger partial charge in [0.1, 0.15) is 13.2 Å². The molecular weight excluding hydrogens is 470 g/mol. The monoisotopic (exact) mass is 493 g/mol. The normalized spacial score (nSPS) is 20.2. The lowest BCUT2D eigenvalue weighted by Gasteiger charge is -2.37. The van der Waals surface area contributed by atoms with E-state index in [9.17, 15) is 18.0 Å². The highest BCUT2D eigenvalue weighted by Crippen LogP contribution is 2.41. The number of ether oxygens (including phenoxy) is 2. The van der Waals surface area contributed by atoms with E-state index in [4.69, 9.17) is 9.47 Å². The Morgan fingerprint density at radius 3 is 2.31 bits per heavy atom. The van der Waals surface area contributed by atoms with Gasteiger partial charge in [-0.05, 0) is 29.7 Å². The molecular formula is C25H23N3O6S. The predicted octanol–water partition coefficient (Wildman–Crippen LogP) is 1.86. The number of carbonyl (C=O) groups excluding carboxylic acids is 2. The van der Waals surface area contributed by atoms with Crippen molar-refractivity contribution in [2.45, 2.75) is 11.0 Å². The minimum Gasteiger partial charge on any atom is -0.485 e. The van der Waals surface area contributed by atoms with Crippen molar-refractivity contribution in [1.29, 1.82) is 0 Å². The van der Waals surface area contributed by atoms with E-state index in [1.54, 1.807) is 46.2 Å². The Hall–Kier alpha value is -3.79. The lowest BCUT2D eigenvalue weighted by molar-refractivity contribution is -0.145. The molecule has 3 aromatic carbocycles. The first-order valence-electron chi connectivity index (χ1n) is 11.4. The summed E-state index contributed by atoms with van der Waals surface area (Å²) in [5, 5.41) is 1.47. The highest BCUT2D eigenvalue weighted by atomic mass is 32.2. The van der Waals surface area contributed by atoms with Crippen molar-refractivity contribution in [1.82, 2.24) is 9.80 Å². The van der Waals surface area contributed by atoms with E-state index in [0.717, 1.165) is 5.39 Å². The number of fused-ring (bicyclic) bond motifs is 1. The van der Waals surface area contributed by atoms with E-state index in [1.807, 2.05) is 24.3 Å². The molecule has 0 radical (unpaired) electrons. The molecule has 1 atom stereocenters. The third kappa shape index (κ3) is 3.56. The molecule has 1 unspecified atom stereocenters. The molecule has 3 aromatic rings. The van der Waals surface area contributed by atoms with Crippen molar-refractivity contribution in [3.8, 4) is 11.5 Å². The van der Waals surface area contributed by atoms with E-state index < -0.39 is 16.1 Å². The summed E-state index contributed by atoms with van der Waals surface area (Å²) in [6.45, 7) is 1.18. The van der Waals surface area contributed by atoms with Crippen LogP contribution < -0.4 is 13.8 Å². The molecule has 2 amide bonds. The fourth-order valence-corrected chi connectivity index (χ4v) is 6.53. The van der Waals surface area contributed by atoms with Crippen molar-refractivity contribution in [3.05, 3.63) is 60.7 Å². The first-order chi connectivity index (χ1) is 16.9. The Balaban J connectivity index is 1.11. The maximum absolute atomic E-state index is 13.2. The Kier molecular flexibility index (Phi) is 5.06. The van der Waals surface area contributed by atoms with Crippen molar-refractivity contribution in [2.24, 2.45) is 0 Å². The lowest BCUT2D eigenvalue weighted by atomic mass is 10.1. The van der Waals surface area contributed by atoms with E-state index >= 15 is 0 Å². The minimum atomic E-state index is -3.80. The second-order valence-corrected chi connectivity index (χ2v) is 10.5. The first kappa shape index (κ1) is 21.7.